The van der Waals surface area contributed by atoms with Gasteiger partial charge < -0.3 is 4.90 Å². The second-order valence-corrected chi connectivity index (χ2v) is 9.24. The highest BCUT2D eigenvalue weighted by Crippen LogP contribution is 2.24. The third-order valence-corrected chi connectivity index (χ3v) is 7.25. The highest BCUT2D eigenvalue weighted by atomic mass is 32.2. The summed E-state index contributed by atoms with van der Waals surface area (Å²) in [4.78, 5) is 14.1. The predicted molar refractivity (Wildman–Crippen MR) is 108 cm³/mol. The van der Waals surface area contributed by atoms with Gasteiger partial charge in [-0.2, -0.15) is 0 Å². The van der Waals surface area contributed by atoms with Crippen LogP contribution in [0.1, 0.15) is 28.9 Å². The monoisotopic (exact) mass is 436 g/mol. The predicted octanol–water partition coefficient (Wildman–Crippen LogP) is 4.66. The largest absolute Gasteiger partial charge is 0.335 e. The lowest BCUT2D eigenvalue weighted by atomic mass is 10.1. The summed E-state index contributed by atoms with van der Waals surface area (Å²) >= 11 is 1.10. The van der Waals surface area contributed by atoms with Gasteiger partial charge in [-0.25, -0.2) is 17.2 Å². The summed E-state index contributed by atoms with van der Waals surface area (Å²) in [5.74, 6) is -2.26. The van der Waals surface area contributed by atoms with Gasteiger partial charge in [-0.3, -0.25) is 9.52 Å². The van der Waals surface area contributed by atoms with Crippen molar-refractivity contribution in [2.45, 2.75) is 17.2 Å². The fraction of sp³-hybridized carbons (Fsp3) is 0.150. The number of thiophene rings is 1. The molecule has 1 aromatic heterocycles. The molecule has 0 aliphatic carbocycles. The zero-order chi connectivity index (χ0) is 21.2. The first kappa shape index (κ1) is 20.9. The van der Waals surface area contributed by atoms with Gasteiger partial charge in [-0.05, 0) is 60.3 Å². The van der Waals surface area contributed by atoms with Gasteiger partial charge in [-0.15, -0.1) is 11.3 Å². The fourth-order valence-corrected chi connectivity index (χ4v) is 4.73. The van der Waals surface area contributed by atoms with Gasteiger partial charge in [0.05, 0.1) is 6.04 Å². The molecule has 0 saturated carbocycles. The van der Waals surface area contributed by atoms with Crippen LogP contribution in [0.4, 0.5) is 14.5 Å². The van der Waals surface area contributed by atoms with E-state index in [1.165, 1.54) is 41.3 Å². The Hall–Kier alpha value is -2.78. The van der Waals surface area contributed by atoms with Crippen molar-refractivity contribution >= 4 is 33.0 Å². The highest BCUT2D eigenvalue weighted by Gasteiger charge is 2.21. The molecular weight excluding hydrogens is 418 g/mol. The molecular formula is C20H18F2N2O3S2. The normalized spacial score (nSPS) is 12.4. The average molecular weight is 437 g/mol. The molecule has 0 spiro atoms. The van der Waals surface area contributed by atoms with Crippen LogP contribution in [0.15, 0.2) is 64.2 Å². The number of amides is 1. The lowest BCUT2D eigenvalue weighted by molar-refractivity contribution is 0.0742. The SMILES string of the molecule is CC(c1ccc(F)c(F)c1)N(C)C(=O)c1ccc(NS(=O)(=O)c2cccs2)cc1. The van der Waals surface area contributed by atoms with Crippen LogP contribution in [0, 0.1) is 11.6 Å². The summed E-state index contributed by atoms with van der Waals surface area (Å²) in [6.45, 7) is 1.70. The molecule has 3 rings (SSSR count). The van der Waals surface area contributed by atoms with E-state index in [1.54, 1.807) is 25.4 Å². The first-order chi connectivity index (χ1) is 13.7. The van der Waals surface area contributed by atoms with Gasteiger partial charge in [0.2, 0.25) is 0 Å². The van der Waals surface area contributed by atoms with Gasteiger partial charge in [0.15, 0.2) is 11.6 Å². The zero-order valence-corrected chi connectivity index (χ0v) is 17.2. The van der Waals surface area contributed by atoms with Crippen LogP contribution in [0.3, 0.4) is 0 Å². The maximum Gasteiger partial charge on any atom is 0.271 e. The van der Waals surface area contributed by atoms with Gasteiger partial charge in [0.25, 0.3) is 15.9 Å². The van der Waals surface area contributed by atoms with E-state index < -0.39 is 27.7 Å². The van der Waals surface area contributed by atoms with Crippen molar-refractivity contribution in [3.05, 3.63) is 82.7 Å². The number of halogens is 2. The number of anilines is 1. The summed E-state index contributed by atoms with van der Waals surface area (Å²) in [5.41, 5.74) is 1.12. The number of benzene rings is 2. The van der Waals surface area contributed by atoms with Crippen LogP contribution < -0.4 is 4.72 Å². The number of carbonyl (C=O) groups is 1. The smallest absolute Gasteiger partial charge is 0.271 e. The Morgan fingerprint density at radius 2 is 1.76 bits per heavy atom. The van der Waals surface area contributed by atoms with Crippen LogP contribution in [0.2, 0.25) is 0 Å². The zero-order valence-electron chi connectivity index (χ0n) is 15.6. The number of hydrogen-bond acceptors (Lipinski definition) is 4. The molecule has 3 aromatic rings. The number of sulfonamides is 1. The first-order valence-electron chi connectivity index (χ1n) is 8.57. The molecule has 1 atom stereocenters. The standard InChI is InChI=1S/C20H18F2N2O3S2/c1-13(15-7-10-17(21)18(22)12-15)24(2)20(25)14-5-8-16(9-6-14)23-29(26,27)19-4-3-11-28-19/h3-13,23H,1-2H3. The summed E-state index contributed by atoms with van der Waals surface area (Å²) in [6, 6.07) is 12.2. The Labute approximate surface area is 171 Å². The quantitative estimate of drug-likeness (QED) is 0.611. The van der Waals surface area contributed by atoms with E-state index >= 15 is 0 Å². The van der Waals surface area contributed by atoms with Crippen LogP contribution in [0.5, 0.6) is 0 Å². The average Bonchev–Trinajstić information content (AvgIpc) is 3.25. The number of nitrogens with one attached hydrogen (secondary N) is 1. The Bertz CT molecular complexity index is 1120. The summed E-state index contributed by atoms with van der Waals surface area (Å²) in [5, 5.41) is 1.67. The van der Waals surface area contributed by atoms with Crippen LogP contribution >= 0.6 is 11.3 Å². The van der Waals surface area contributed by atoms with Crippen molar-refractivity contribution in [1.82, 2.24) is 4.90 Å². The maximum atomic E-state index is 13.5. The number of nitrogens with zero attached hydrogens (tertiary/aromatic N) is 1. The molecule has 0 fully saturated rings. The molecule has 5 nitrogen and oxygen atoms in total. The third kappa shape index (κ3) is 4.63. The minimum absolute atomic E-state index is 0.192. The molecule has 0 radical (unpaired) electrons. The van der Waals surface area contributed by atoms with Gasteiger partial charge in [-0.1, -0.05) is 12.1 Å². The van der Waals surface area contributed by atoms with Crippen molar-refractivity contribution in [3.63, 3.8) is 0 Å². The van der Waals surface area contributed by atoms with E-state index in [2.05, 4.69) is 4.72 Å². The van der Waals surface area contributed by atoms with Crippen molar-refractivity contribution < 1.29 is 22.0 Å². The molecule has 1 N–H and O–H groups in total. The Morgan fingerprint density at radius 1 is 1.07 bits per heavy atom. The second kappa shape index (κ2) is 8.30. The second-order valence-electron chi connectivity index (χ2n) is 6.38. The molecule has 1 amide bonds. The topological polar surface area (TPSA) is 66.5 Å². The number of carbonyl (C=O) groups excluding carboxylic acids is 1. The van der Waals surface area contributed by atoms with E-state index in [4.69, 9.17) is 0 Å². The lowest BCUT2D eigenvalue weighted by Crippen LogP contribution is -2.29. The molecule has 0 bridgehead atoms. The van der Waals surface area contributed by atoms with Crippen molar-refractivity contribution in [3.8, 4) is 0 Å². The van der Waals surface area contributed by atoms with Crippen molar-refractivity contribution in [2.24, 2.45) is 0 Å². The van der Waals surface area contributed by atoms with Gasteiger partial charge in [0.1, 0.15) is 4.21 Å². The summed E-state index contributed by atoms with van der Waals surface area (Å²) < 4.78 is 53.8. The van der Waals surface area contributed by atoms with E-state index in [-0.39, 0.29) is 10.1 Å². The molecule has 2 aromatic carbocycles. The fourth-order valence-electron chi connectivity index (χ4n) is 2.68. The molecule has 1 unspecified atom stereocenters. The molecule has 9 heteroatoms. The van der Waals surface area contributed by atoms with Gasteiger partial charge >= 0.3 is 0 Å². The van der Waals surface area contributed by atoms with E-state index in [0.717, 1.165) is 23.5 Å². The van der Waals surface area contributed by atoms with E-state index in [1.807, 2.05) is 0 Å². The number of hydrogen-bond donors (Lipinski definition) is 1. The Balaban J connectivity index is 1.73. The van der Waals surface area contributed by atoms with Crippen LogP contribution in [0.25, 0.3) is 0 Å². The maximum absolute atomic E-state index is 13.5. The molecule has 0 aliphatic heterocycles. The van der Waals surface area contributed by atoms with Gasteiger partial charge in [0, 0.05) is 18.3 Å². The van der Waals surface area contributed by atoms with Crippen molar-refractivity contribution in [1.29, 1.82) is 0 Å². The Kier molecular flexibility index (Phi) is 5.99. The molecule has 0 saturated heterocycles. The lowest BCUT2D eigenvalue weighted by Gasteiger charge is -2.25. The minimum Gasteiger partial charge on any atom is -0.335 e. The van der Waals surface area contributed by atoms with E-state index in [9.17, 15) is 22.0 Å². The molecule has 29 heavy (non-hydrogen) atoms. The number of rotatable bonds is 6. The minimum atomic E-state index is -3.67. The molecule has 152 valence electrons. The summed E-state index contributed by atoms with van der Waals surface area (Å²) in [7, 11) is -2.11. The van der Waals surface area contributed by atoms with Crippen molar-refractivity contribution in [2.75, 3.05) is 11.8 Å². The molecule has 0 aliphatic rings. The molecule has 1 heterocycles. The van der Waals surface area contributed by atoms with E-state index in [0.29, 0.717) is 16.8 Å². The third-order valence-electron chi connectivity index (χ3n) is 4.47. The van der Waals surface area contributed by atoms with Crippen LogP contribution in [-0.4, -0.2) is 26.3 Å². The summed E-state index contributed by atoms with van der Waals surface area (Å²) in [6.07, 6.45) is 0. The highest BCUT2D eigenvalue weighted by molar-refractivity contribution is 7.94. The first-order valence-corrected chi connectivity index (χ1v) is 10.9. The Morgan fingerprint density at radius 3 is 2.34 bits per heavy atom. The van der Waals surface area contributed by atoms with Crippen LogP contribution in [-0.2, 0) is 10.0 Å².